The van der Waals surface area contributed by atoms with E-state index in [-0.39, 0.29) is 17.5 Å². The van der Waals surface area contributed by atoms with Gasteiger partial charge in [-0.3, -0.25) is 9.59 Å². The quantitative estimate of drug-likeness (QED) is 0.537. The molecule has 7 nitrogen and oxygen atoms in total. The molecule has 1 aromatic heterocycles. The molecule has 1 aliphatic rings. The van der Waals surface area contributed by atoms with E-state index >= 15 is 0 Å². The van der Waals surface area contributed by atoms with Crippen LogP contribution in [0.25, 0.3) is 5.69 Å². The first-order valence-corrected chi connectivity index (χ1v) is 7.82. The van der Waals surface area contributed by atoms with E-state index < -0.39 is 5.97 Å². The van der Waals surface area contributed by atoms with Crippen molar-refractivity contribution in [2.75, 3.05) is 12.0 Å². The average molecular weight is 347 g/mol. The molecule has 0 N–H and O–H groups in total. The van der Waals surface area contributed by atoms with Crippen molar-refractivity contribution in [2.45, 2.75) is 0 Å². The molecule has 26 heavy (non-hydrogen) atoms. The van der Waals surface area contributed by atoms with Crippen molar-refractivity contribution in [1.82, 2.24) is 9.78 Å². The van der Waals surface area contributed by atoms with E-state index in [1.165, 1.54) is 11.8 Å². The van der Waals surface area contributed by atoms with Gasteiger partial charge in [0, 0.05) is 6.20 Å². The van der Waals surface area contributed by atoms with E-state index in [0.29, 0.717) is 22.5 Å². The number of methoxy groups -OCH3 is 1. The lowest BCUT2D eigenvalue weighted by Crippen LogP contribution is -2.29. The molecule has 0 atom stereocenters. The molecule has 128 valence electrons. The van der Waals surface area contributed by atoms with Crippen LogP contribution < -0.4 is 4.90 Å². The van der Waals surface area contributed by atoms with E-state index in [1.54, 1.807) is 60.8 Å². The summed E-state index contributed by atoms with van der Waals surface area (Å²) in [6.45, 7) is 0. The summed E-state index contributed by atoms with van der Waals surface area (Å²) in [7, 11) is 1.29. The van der Waals surface area contributed by atoms with Gasteiger partial charge in [0.2, 0.25) is 0 Å². The van der Waals surface area contributed by atoms with Crippen LogP contribution >= 0.6 is 0 Å². The highest BCUT2D eigenvalue weighted by Gasteiger charge is 2.36. The second-order valence-electron chi connectivity index (χ2n) is 5.64. The number of carbonyl (C=O) groups excluding carboxylic acids is 3. The fourth-order valence-corrected chi connectivity index (χ4v) is 2.86. The Morgan fingerprint density at radius 2 is 1.46 bits per heavy atom. The molecule has 0 aliphatic carbocycles. The Labute approximate surface area is 148 Å². The number of aromatic nitrogens is 2. The van der Waals surface area contributed by atoms with Crippen molar-refractivity contribution in [2.24, 2.45) is 0 Å². The molecule has 1 aliphatic heterocycles. The third-order valence-electron chi connectivity index (χ3n) is 4.15. The van der Waals surface area contributed by atoms with Crippen molar-refractivity contribution in [3.8, 4) is 5.69 Å². The summed E-state index contributed by atoms with van der Waals surface area (Å²) in [6, 6.07) is 15.0. The van der Waals surface area contributed by atoms with Crippen LogP contribution in [-0.4, -0.2) is 34.7 Å². The van der Waals surface area contributed by atoms with E-state index in [9.17, 15) is 14.4 Å². The zero-order valence-electron chi connectivity index (χ0n) is 13.7. The number of amides is 2. The van der Waals surface area contributed by atoms with Gasteiger partial charge in [-0.1, -0.05) is 12.1 Å². The van der Waals surface area contributed by atoms with Gasteiger partial charge in [-0.15, -0.1) is 0 Å². The lowest BCUT2D eigenvalue weighted by atomic mass is 10.1. The molecule has 3 aromatic rings. The Morgan fingerprint density at radius 3 is 2.04 bits per heavy atom. The zero-order valence-corrected chi connectivity index (χ0v) is 13.7. The summed E-state index contributed by atoms with van der Waals surface area (Å²) in [5.74, 6) is -1.21. The second kappa shape index (κ2) is 5.96. The lowest BCUT2D eigenvalue weighted by molar-refractivity contribution is 0.0593. The van der Waals surface area contributed by atoms with Gasteiger partial charge < -0.3 is 4.74 Å². The predicted octanol–water partition coefficient (Wildman–Crippen LogP) is 2.46. The highest BCUT2D eigenvalue weighted by atomic mass is 16.5. The first-order chi connectivity index (χ1) is 12.6. The number of ether oxygens (including phenoxy) is 1. The van der Waals surface area contributed by atoms with Gasteiger partial charge in [-0.05, 0) is 42.5 Å². The largest absolute Gasteiger partial charge is 0.464 e. The number of benzene rings is 2. The summed E-state index contributed by atoms with van der Waals surface area (Å²) >= 11 is 0. The normalized spacial score (nSPS) is 13.0. The van der Waals surface area contributed by atoms with Crippen LogP contribution in [0.4, 0.5) is 5.69 Å². The maximum Gasteiger partial charge on any atom is 0.358 e. The summed E-state index contributed by atoms with van der Waals surface area (Å²) in [6.07, 6.45) is 1.63. The van der Waals surface area contributed by atoms with E-state index in [1.807, 2.05) is 0 Å². The third-order valence-corrected chi connectivity index (χ3v) is 4.15. The van der Waals surface area contributed by atoms with Gasteiger partial charge in [-0.2, -0.15) is 5.10 Å². The highest BCUT2D eigenvalue weighted by Crippen LogP contribution is 2.28. The molecule has 2 amide bonds. The molecule has 0 unspecified atom stereocenters. The molecule has 2 aromatic carbocycles. The number of hydrogen-bond donors (Lipinski definition) is 0. The Morgan fingerprint density at radius 1 is 0.885 bits per heavy atom. The fourth-order valence-electron chi connectivity index (χ4n) is 2.86. The number of rotatable bonds is 3. The number of imide groups is 1. The van der Waals surface area contributed by atoms with Crippen LogP contribution in [0.5, 0.6) is 0 Å². The van der Waals surface area contributed by atoms with Gasteiger partial charge in [0.1, 0.15) is 0 Å². The Kier molecular flexibility index (Phi) is 3.62. The molecule has 0 radical (unpaired) electrons. The van der Waals surface area contributed by atoms with Crippen molar-refractivity contribution in [3.05, 3.63) is 77.6 Å². The SMILES string of the molecule is COC(=O)c1ccn(-c2ccc(N3C(=O)c4ccccc4C3=O)cc2)n1. The molecule has 0 saturated heterocycles. The zero-order chi connectivity index (χ0) is 18.3. The van der Waals surface area contributed by atoms with Gasteiger partial charge in [0.15, 0.2) is 5.69 Å². The Hall–Kier alpha value is -3.74. The predicted molar refractivity (Wildman–Crippen MR) is 92.5 cm³/mol. The maximum absolute atomic E-state index is 12.5. The number of anilines is 1. The molecule has 0 fully saturated rings. The summed E-state index contributed by atoms with van der Waals surface area (Å²) in [5, 5.41) is 4.14. The molecule has 7 heteroatoms. The molecule has 2 heterocycles. The summed E-state index contributed by atoms with van der Waals surface area (Å²) in [5.41, 5.74) is 2.14. The number of nitrogens with zero attached hydrogens (tertiary/aromatic N) is 3. The van der Waals surface area contributed by atoms with Crippen molar-refractivity contribution in [3.63, 3.8) is 0 Å². The molecular formula is C19H13N3O4. The minimum Gasteiger partial charge on any atom is -0.464 e. The number of fused-ring (bicyclic) bond motifs is 1. The third kappa shape index (κ3) is 2.37. The fraction of sp³-hybridized carbons (Fsp3) is 0.0526. The van der Waals surface area contributed by atoms with E-state index in [0.717, 1.165) is 4.90 Å². The molecular weight excluding hydrogens is 334 g/mol. The highest BCUT2D eigenvalue weighted by molar-refractivity contribution is 6.34. The Bertz CT molecular complexity index is 1000. The minimum atomic E-state index is -0.522. The summed E-state index contributed by atoms with van der Waals surface area (Å²) in [4.78, 5) is 37.7. The second-order valence-corrected chi connectivity index (χ2v) is 5.64. The molecule has 0 bridgehead atoms. The molecule has 0 saturated carbocycles. The van der Waals surface area contributed by atoms with Crippen molar-refractivity contribution >= 4 is 23.5 Å². The van der Waals surface area contributed by atoms with E-state index in [2.05, 4.69) is 9.84 Å². The van der Waals surface area contributed by atoms with E-state index in [4.69, 9.17) is 0 Å². The molecule has 4 rings (SSSR count). The van der Waals surface area contributed by atoms with Crippen LogP contribution in [0.15, 0.2) is 60.8 Å². The van der Waals surface area contributed by atoms with Gasteiger partial charge in [-0.25, -0.2) is 14.4 Å². The minimum absolute atomic E-state index is 0.192. The smallest absolute Gasteiger partial charge is 0.358 e. The monoisotopic (exact) mass is 347 g/mol. The topological polar surface area (TPSA) is 81.5 Å². The maximum atomic E-state index is 12.5. The summed E-state index contributed by atoms with van der Waals surface area (Å²) < 4.78 is 6.14. The Balaban J connectivity index is 1.63. The van der Waals surface area contributed by atoms with Crippen LogP contribution in [0, 0.1) is 0 Å². The number of esters is 1. The van der Waals surface area contributed by atoms with Gasteiger partial charge >= 0.3 is 5.97 Å². The van der Waals surface area contributed by atoms with Gasteiger partial charge in [0.25, 0.3) is 11.8 Å². The van der Waals surface area contributed by atoms with Crippen LogP contribution in [-0.2, 0) is 4.74 Å². The standard InChI is InChI=1S/C19H13N3O4/c1-26-19(25)16-10-11-21(20-16)12-6-8-13(9-7-12)22-17(23)14-4-2-3-5-15(14)18(22)24/h2-11H,1H3. The van der Waals surface area contributed by atoms with Crippen LogP contribution in [0.3, 0.4) is 0 Å². The van der Waals surface area contributed by atoms with Gasteiger partial charge in [0.05, 0.1) is 29.6 Å². The van der Waals surface area contributed by atoms with Crippen molar-refractivity contribution in [1.29, 1.82) is 0 Å². The lowest BCUT2D eigenvalue weighted by Gasteiger charge is -2.14. The van der Waals surface area contributed by atoms with Crippen molar-refractivity contribution < 1.29 is 19.1 Å². The van der Waals surface area contributed by atoms with Crippen LogP contribution in [0.1, 0.15) is 31.2 Å². The number of carbonyl (C=O) groups is 3. The first-order valence-electron chi connectivity index (χ1n) is 7.82. The van der Waals surface area contributed by atoms with Crippen LogP contribution in [0.2, 0.25) is 0 Å². The molecule has 0 spiro atoms. The first kappa shape index (κ1) is 15.8. The average Bonchev–Trinajstić information content (AvgIpc) is 3.26. The number of hydrogen-bond acceptors (Lipinski definition) is 5.